The molecule has 2 N–H and O–H groups in total. The molecule has 0 radical (unpaired) electrons. The minimum atomic E-state index is -1.49. The summed E-state index contributed by atoms with van der Waals surface area (Å²) in [6.45, 7) is 6.25. The Bertz CT molecular complexity index is 329. The van der Waals surface area contributed by atoms with Gasteiger partial charge in [-0.25, -0.2) is 0 Å². The second-order valence-electron chi connectivity index (χ2n) is 5.21. The van der Waals surface area contributed by atoms with Gasteiger partial charge < -0.3 is 19.7 Å². The van der Waals surface area contributed by atoms with Crippen LogP contribution in [0.3, 0.4) is 0 Å². The highest BCUT2D eigenvalue weighted by molar-refractivity contribution is 5.71. The number of ether oxygens (including phenoxy) is 2. The molecule has 1 aliphatic rings. The molecule has 1 rings (SSSR count). The zero-order chi connectivity index (χ0) is 14.1. The molecule has 7 nitrogen and oxygen atoms in total. The highest BCUT2D eigenvalue weighted by Crippen LogP contribution is 2.32. The first-order valence-corrected chi connectivity index (χ1v) is 5.77. The van der Waals surface area contributed by atoms with E-state index in [4.69, 9.17) is 9.47 Å². The Morgan fingerprint density at radius 3 is 2.39 bits per heavy atom. The Balaban J connectivity index is 2.89. The number of hydrogen-bond acceptors (Lipinski definition) is 7. The van der Waals surface area contributed by atoms with Crippen molar-refractivity contribution in [3.63, 3.8) is 0 Å². The van der Waals surface area contributed by atoms with Crippen LogP contribution in [0.2, 0.25) is 0 Å². The van der Waals surface area contributed by atoms with Gasteiger partial charge in [-0.2, -0.15) is 4.91 Å². The molecule has 7 heteroatoms. The third kappa shape index (κ3) is 2.85. The summed E-state index contributed by atoms with van der Waals surface area (Å²) in [5.74, 6) is -1.01. The fourth-order valence-corrected chi connectivity index (χ4v) is 1.72. The third-order valence-corrected chi connectivity index (χ3v) is 2.92. The monoisotopic (exact) mass is 261 g/mol. The second kappa shape index (κ2) is 5.29. The lowest BCUT2D eigenvalue weighted by atomic mass is 9.88. The van der Waals surface area contributed by atoms with Gasteiger partial charge in [0.05, 0.1) is 11.5 Å². The number of carbonyl (C=O) groups excluding carboxylic acids is 1. The van der Waals surface area contributed by atoms with Crippen LogP contribution in [0.5, 0.6) is 0 Å². The standard InChI is InChI=1S/C11H19NO6/c1-5(2)9(14)17-7-6(12-16)8(13)11(3,4)18-10(7)15/h5-8,10,13,15H,1-4H3/t6-,7+,8?,10-/m1/s1. The molecule has 0 bridgehead atoms. The predicted octanol–water partition coefficient (Wildman–Crippen LogP) is 0.177. The van der Waals surface area contributed by atoms with Crippen molar-refractivity contribution in [1.82, 2.24) is 0 Å². The number of rotatable bonds is 3. The fourth-order valence-electron chi connectivity index (χ4n) is 1.72. The second-order valence-corrected chi connectivity index (χ2v) is 5.21. The predicted molar refractivity (Wildman–Crippen MR) is 61.5 cm³/mol. The zero-order valence-electron chi connectivity index (χ0n) is 10.9. The highest BCUT2D eigenvalue weighted by atomic mass is 16.7. The summed E-state index contributed by atoms with van der Waals surface area (Å²) in [6.07, 6.45) is -4.04. The minimum Gasteiger partial charge on any atom is -0.454 e. The number of nitroso groups, excluding NO2 is 1. The highest BCUT2D eigenvalue weighted by Gasteiger charge is 2.52. The molecule has 0 saturated carbocycles. The summed E-state index contributed by atoms with van der Waals surface area (Å²) in [7, 11) is 0. The molecule has 0 aromatic rings. The zero-order valence-corrected chi connectivity index (χ0v) is 10.9. The van der Waals surface area contributed by atoms with Gasteiger partial charge in [0, 0.05) is 0 Å². The van der Waals surface area contributed by atoms with Gasteiger partial charge in [-0.15, -0.1) is 0 Å². The topological polar surface area (TPSA) is 105 Å². The minimum absolute atomic E-state index is 0.420. The molecule has 104 valence electrons. The van der Waals surface area contributed by atoms with E-state index in [1.165, 1.54) is 13.8 Å². The molecule has 1 saturated heterocycles. The van der Waals surface area contributed by atoms with Crippen molar-refractivity contribution in [3.05, 3.63) is 4.91 Å². The Labute approximate surface area is 105 Å². The fraction of sp³-hybridized carbons (Fsp3) is 0.909. The van der Waals surface area contributed by atoms with Gasteiger partial charge in [-0.1, -0.05) is 19.0 Å². The molecule has 0 amide bonds. The molecule has 4 atom stereocenters. The number of aliphatic hydroxyl groups is 2. The van der Waals surface area contributed by atoms with Gasteiger partial charge in [0.2, 0.25) is 0 Å². The normalized spacial score (nSPS) is 35.3. The van der Waals surface area contributed by atoms with E-state index < -0.39 is 42.0 Å². The Morgan fingerprint density at radius 2 is 1.94 bits per heavy atom. The summed E-state index contributed by atoms with van der Waals surface area (Å²) >= 11 is 0. The van der Waals surface area contributed by atoms with Crippen LogP contribution in [0.1, 0.15) is 27.7 Å². The average Bonchev–Trinajstić information content (AvgIpc) is 2.25. The first kappa shape index (κ1) is 15.0. The Kier molecular flexibility index (Phi) is 4.41. The molecule has 1 aliphatic heterocycles. The van der Waals surface area contributed by atoms with E-state index >= 15 is 0 Å². The number of hydrogen-bond donors (Lipinski definition) is 2. The molecular weight excluding hydrogens is 242 g/mol. The molecule has 0 spiro atoms. The quantitative estimate of drug-likeness (QED) is 0.554. The maximum atomic E-state index is 11.5. The lowest BCUT2D eigenvalue weighted by molar-refractivity contribution is -0.288. The molecule has 1 heterocycles. The summed E-state index contributed by atoms with van der Waals surface area (Å²) in [4.78, 5) is 22.3. The summed E-state index contributed by atoms with van der Waals surface area (Å²) in [5, 5.41) is 22.4. The molecular formula is C11H19NO6. The lowest BCUT2D eigenvalue weighted by Gasteiger charge is -2.44. The van der Waals surface area contributed by atoms with Crippen molar-refractivity contribution < 1.29 is 24.5 Å². The maximum absolute atomic E-state index is 11.5. The van der Waals surface area contributed by atoms with Gasteiger partial charge in [-0.3, -0.25) is 4.79 Å². The number of nitrogens with zero attached hydrogens (tertiary/aromatic N) is 1. The van der Waals surface area contributed by atoms with Gasteiger partial charge in [0.25, 0.3) is 0 Å². The SMILES string of the molecule is CC(C)C(=O)O[C@@H]1[C@H](O)OC(C)(C)C(O)[C@@H]1N=O. The van der Waals surface area contributed by atoms with E-state index in [9.17, 15) is 19.9 Å². The van der Waals surface area contributed by atoms with E-state index in [0.29, 0.717) is 0 Å². The molecule has 1 fully saturated rings. The number of carbonyl (C=O) groups is 1. The first-order valence-electron chi connectivity index (χ1n) is 5.77. The molecule has 0 aliphatic carbocycles. The van der Waals surface area contributed by atoms with Crippen LogP contribution in [-0.2, 0) is 14.3 Å². The van der Waals surface area contributed by atoms with E-state index in [1.54, 1.807) is 13.8 Å². The van der Waals surface area contributed by atoms with E-state index in [2.05, 4.69) is 5.18 Å². The summed E-state index contributed by atoms with van der Waals surface area (Å²) in [5.41, 5.74) is -1.14. The third-order valence-electron chi connectivity index (χ3n) is 2.92. The smallest absolute Gasteiger partial charge is 0.308 e. The molecule has 18 heavy (non-hydrogen) atoms. The summed E-state index contributed by atoms with van der Waals surface area (Å²) < 4.78 is 10.1. The number of aliphatic hydroxyl groups excluding tert-OH is 2. The van der Waals surface area contributed by atoms with Crippen molar-refractivity contribution >= 4 is 5.97 Å². The van der Waals surface area contributed by atoms with Gasteiger partial charge in [0.15, 0.2) is 18.4 Å². The van der Waals surface area contributed by atoms with Crippen LogP contribution >= 0.6 is 0 Å². The van der Waals surface area contributed by atoms with Crippen molar-refractivity contribution in [1.29, 1.82) is 0 Å². The van der Waals surface area contributed by atoms with Crippen LogP contribution in [0.4, 0.5) is 0 Å². The van der Waals surface area contributed by atoms with Crippen molar-refractivity contribution in [2.24, 2.45) is 11.1 Å². The maximum Gasteiger partial charge on any atom is 0.308 e. The van der Waals surface area contributed by atoms with Crippen molar-refractivity contribution in [2.75, 3.05) is 0 Å². The number of esters is 1. The van der Waals surface area contributed by atoms with Crippen LogP contribution < -0.4 is 0 Å². The van der Waals surface area contributed by atoms with E-state index in [0.717, 1.165) is 0 Å². The van der Waals surface area contributed by atoms with Gasteiger partial charge in [-0.05, 0) is 13.8 Å². The Hall–Kier alpha value is -1.05. The molecule has 0 aromatic carbocycles. The van der Waals surface area contributed by atoms with E-state index in [-0.39, 0.29) is 0 Å². The first-order chi connectivity index (χ1) is 8.20. The summed E-state index contributed by atoms with van der Waals surface area (Å²) in [6, 6.07) is -1.26. The van der Waals surface area contributed by atoms with Crippen LogP contribution in [0, 0.1) is 10.8 Å². The molecule has 0 aromatic heterocycles. The van der Waals surface area contributed by atoms with Crippen molar-refractivity contribution in [3.8, 4) is 0 Å². The largest absolute Gasteiger partial charge is 0.454 e. The van der Waals surface area contributed by atoms with Crippen molar-refractivity contribution in [2.45, 2.75) is 57.8 Å². The average molecular weight is 261 g/mol. The Morgan fingerprint density at radius 1 is 1.39 bits per heavy atom. The van der Waals surface area contributed by atoms with Gasteiger partial charge >= 0.3 is 5.97 Å². The van der Waals surface area contributed by atoms with Crippen LogP contribution in [0.15, 0.2) is 5.18 Å². The van der Waals surface area contributed by atoms with Gasteiger partial charge in [0.1, 0.15) is 6.10 Å². The lowest BCUT2D eigenvalue weighted by Crippen LogP contribution is -2.62. The molecule has 1 unspecified atom stereocenters. The van der Waals surface area contributed by atoms with Crippen LogP contribution in [-0.4, -0.2) is 46.3 Å². The van der Waals surface area contributed by atoms with E-state index in [1.807, 2.05) is 0 Å². The van der Waals surface area contributed by atoms with Crippen LogP contribution in [0.25, 0.3) is 0 Å².